The number of nitrogens with zero attached hydrogens (tertiary/aromatic N) is 1. The molecule has 2 heterocycles. The van der Waals surface area contributed by atoms with E-state index in [1.54, 1.807) is 7.11 Å². The maximum atomic E-state index is 12.2. The van der Waals surface area contributed by atoms with Crippen LogP contribution in [0, 0.1) is 11.8 Å². The van der Waals surface area contributed by atoms with Crippen LogP contribution in [-0.2, 0) is 19.1 Å². The zero-order valence-electron chi connectivity index (χ0n) is 12.8. The molecule has 2 N–H and O–H groups in total. The standard InChI is InChI=1S/C15H23N3O4/c1-21-8-11-14(10-6-7-22-15(10)11)16-12(19)4-2-9-3-5-13(20)18-17-9/h10-11,14-15H,2-8H2,1H3,(H,16,19)(H,18,20)/t10-,11+,14+,15-/m1/s1. The quantitative estimate of drug-likeness (QED) is 0.733. The number of ether oxygens (including phenoxy) is 2. The Morgan fingerprint density at radius 3 is 3.09 bits per heavy atom. The molecule has 2 fully saturated rings. The van der Waals surface area contributed by atoms with E-state index in [0.717, 1.165) is 18.7 Å². The molecule has 22 heavy (non-hydrogen) atoms. The molecule has 1 saturated carbocycles. The van der Waals surface area contributed by atoms with E-state index in [9.17, 15) is 9.59 Å². The minimum Gasteiger partial charge on any atom is -0.384 e. The van der Waals surface area contributed by atoms with Crippen LogP contribution in [0.1, 0.15) is 32.1 Å². The predicted molar refractivity (Wildman–Crippen MR) is 79.2 cm³/mol. The number of hydrogen-bond donors (Lipinski definition) is 2. The summed E-state index contributed by atoms with van der Waals surface area (Å²) in [5, 5.41) is 7.12. The first kappa shape index (κ1) is 15.4. The number of rotatable bonds is 6. The topological polar surface area (TPSA) is 89.0 Å². The Morgan fingerprint density at radius 1 is 1.50 bits per heavy atom. The Bertz CT molecular complexity index is 479. The highest BCUT2D eigenvalue weighted by atomic mass is 16.5. The number of hydrazone groups is 1. The summed E-state index contributed by atoms with van der Waals surface area (Å²) in [6.07, 6.45) is 3.35. The van der Waals surface area contributed by atoms with Crippen LogP contribution in [0.5, 0.6) is 0 Å². The first-order valence-electron chi connectivity index (χ1n) is 7.93. The first-order chi connectivity index (χ1) is 10.7. The van der Waals surface area contributed by atoms with Crippen molar-refractivity contribution in [3.05, 3.63) is 0 Å². The van der Waals surface area contributed by atoms with Gasteiger partial charge in [-0.1, -0.05) is 0 Å². The second kappa shape index (κ2) is 6.75. The molecule has 1 saturated heterocycles. The highest BCUT2D eigenvalue weighted by molar-refractivity contribution is 5.94. The van der Waals surface area contributed by atoms with Gasteiger partial charge in [-0.25, -0.2) is 5.43 Å². The molecule has 4 atom stereocenters. The lowest BCUT2D eigenvalue weighted by Crippen LogP contribution is -2.62. The average molecular weight is 309 g/mol. The molecule has 3 aliphatic rings. The Morgan fingerprint density at radius 2 is 2.36 bits per heavy atom. The van der Waals surface area contributed by atoms with Gasteiger partial charge < -0.3 is 14.8 Å². The van der Waals surface area contributed by atoms with E-state index < -0.39 is 0 Å². The molecule has 2 amide bonds. The summed E-state index contributed by atoms with van der Waals surface area (Å²) in [4.78, 5) is 23.2. The Hall–Kier alpha value is -1.47. The van der Waals surface area contributed by atoms with Crippen molar-refractivity contribution in [3.8, 4) is 0 Å². The molecule has 122 valence electrons. The van der Waals surface area contributed by atoms with Crippen molar-refractivity contribution in [2.24, 2.45) is 16.9 Å². The van der Waals surface area contributed by atoms with Crippen molar-refractivity contribution in [1.82, 2.24) is 10.7 Å². The zero-order valence-corrected chi connectivity index (χ0v) is 12.8. The number of carbonyl (C=O) groups excluding carboxylic acids is 2. The first-order valence-corrected chi connectivity index (χ1v) is 7.93. The number of amides is 2. The van der Waals surface area contributed by atoms with E-state index in [2.05, 4.69) is 15.8 Å². The fourth-order valence-electron chi connectivity index (χ4n) is 3.64. The molecule has 3 rings (SSSR count). The zero-order chi connectivity index (χ0) is 15.5. The lowest BCUT2D eigenvalue weighted by molar-refractivity contribution is -0.129. The van der Waals surface area contributed by atoms with Gasteiger partial charge in [-0.2, -0.15) is 5.10 Å². The molecule has 0 aromatic heterocycles. The minimum atomic E-state index is -0.0580. The molecule has 1 aliphatic carbocycles. The third-order valence-corrected chi connectivity index (χ3v) is 4.83. The van der Waals surface area contributed by atoms with Crippen molar-refractivity contribution >= 4 is 17.5 Å². The Balaban J connectivity index is 1.46. The maximum absolute atomic E-state index is 12.2. The smallest absolute Gasteiger partial charge is 0.240 e. The normalized spacial score (nSPS) is 33.5. The van der Waals surface area contributed by atoms with Crippen LogP contribution in [0.2, 0.25) is 0 Å². The van der Waals surface area contributed by atoms with Crippen molar-refractivity contribution in [3.63, 3.8) is 0 Å². The largest absolute Gasteiger partial charge is 0.384 e. The van der Waals surface area contributed by atoms with Gasteiger partial charge in [0.05, 0.1) is 12.7 Å². The van der Waals surface area contributed by atoms with E-state index in [0.29, 0.717) is 38.2 Å². The van der Waals surface area contributed by atoms with E-state index >= 15 is 0 Å². The second-order valence-corrected chi connectivity index (χ2v) is 6.21. The van der Waals surface area contributed by atoms with Crippen molar-refractivity contribution in [1.29, 1.82) is 0 Å². The van der Waals surface area contributed by atoms with Crippen LogP contribution < -0.4 is 10.7 Å². The predicted octanol–water partition coefficient (Wildman–Crippen LogP) is 0.199. The van der Waals surface area contributed by atoms with Crippen LogP contribution in [-0.4, -0.2) is 50.0 Å². The van der Waals surface area contributed by atoms with Crippen molar-refractivity contribution in [2.75, 3.05) is 20.3 Å². The lowest BCUT2D eigenvalue weighted by atomic mass is 9.67. The number of nitrogens with one attached hydrogen (secondary N) is 2. The molecule has 0 radical (unpaired) electrons. The van der Waals surface area contributed by atoms with Gasteiger partial charge in [0.15, 0.2) is 0 Å². The van der Waals surface area contributed by atoms with Gasteiger partial charge in [0, 0.05) is 50.1 Å². The van der Waals surface area contributed by atoms with Crippen LogP contribution in [0.3, 0.4) is 0 Å². The fourth-order valence-corrected chi connectivity index (χ4v) is 3.64. The number of methoxy groups -OCH3 is 1. The molecule has 0 spiro atoms. The van der Waals surface area contributed by atoms with Gasteiger partial charge in [-0.05, 0) is 19.3 Å². The minimum absolute atomic E-state index is 0.0380. The highest BCUT2D eigenvalue weighted by Gasteiger charge is 2.54. The summed E-state index contributed by atoms with van der Waals surface area (Å²) in [5.41, 5.74) is 3.35. The molecular weight excluding hydrogens is 286 g/mol. The molecular formula is C15H23N3O4. The van der Waals surface area contributed by atoms with Crippen molar-refractivity contribution < 1.29 is 19.1 Å². The fraction of sp³-hybridized carbons (Fsp3) is 0.800. The summed E-state index contributed by atoms with van der Waals surface area (Å²) in [5.74, 6) is 0.663. The SMILES string of the molecule is COC[C@H]1[C@@H](NC(=O)CCC2=NNC(=O)CC2)[C@H]2CCO[C@H]21. The van der Waals surface area contributed by atoms with Crippen molar-refractivity contribution in [2.45, 2.75) is 44.2 Å². The lowest BCUT2D eigenvalue weighted by Gasteiger charge is -2.47. The summed E-state index contributed by atoms with van der Waals surface area (Å²) >= 11 is 0. The van der Waals surface area contributed by atoms with E-state index in [-0.39, 0.29) is 29.9 Å². The van der Waals surface area contributed by atoms with Gasteiger partial charge in [0.2, 0.25) is 11.8 Å². The summed E-state index contributed by atoms with van der Waals surface area (Å²) in [7, 11) is 1.68. The number of carbonyl (C=O) groups is 2. The van der Waals surface area contributed by atoms with E-state index in [1.807, 2.05) is 0 Å². The maximum Gasteiger partial charge on any atom is 0.240 e. The molecule has 2 aliphatic heterocycles. The molecule has 0 bridgehead atoms. The Labute approximate surface area is 129 Å². The van der Waals surface area contributed by atoms with Gasteiger partial charge in [0.1, 0.15) is 0 Å². The van der Waals surface area contributed by atoms with Crippen LogP contribution >= 0.6 is 0 Å². The Kier molecular flexibility index (Phi) is 4.73. The third-order valence-electron chi connectivity index (χ3n) is 4.83. The average Bonchev–Trinajstić information content (AvgIpc) is 2.94. The van der Waals surface area contributed by atoms with Crippen LogP contribution in [0.4, 0.5) is 0 Å². The highest BCUT2D eigenvalue weighted by Crippen LogP contribution is 2.43. The van der Waals surface area contributed by atoms with E-state index in [4.69, 9.17) is 9.47 Å². The van der Waals surface area contributed by atoms with Crippen LogP contribution in [0.25, 0.3) is 0 Å². The summed E-state index contributed by atoms with van der Waals surface area (Å²) in [6, 6.07) is 0.160. The molecule has 7 heteroatoms. The van der Waals surface area contributed by atoms with Gasteiger partial charge >= 0.3 is 0 Å². The molecule has 0 aromatic rings. The van der Waals surface area contributed by atoms with E-state index in [1.165, 1.54) is 0 Å². The summed E-state index contributed by atoms with van der Waals surface area (Å²) < 4.78 is 10.9. The monoisotopic (exact) mass is 309 g/mol. The second-order valence-electron chi connectivity index (χ2n) is 6.21. The van der Waals surface area contributed by atoms with Gasteiger partial charge in [0.25, 0.3) is 0 Å². The summed E-state index contributed by atoms with van der Waals surface area (Å²) in [6.45, 7) is 1.39. The number of fused-ring (bicyclic) bond motifs is 1. The molecule has 0 aromatic carbocycles. The third kappa shape index (κ3) is 3.15. The van der Waals surface area contributed by atoms with Gasteiger partial charge in [-0.3, -0.25) is 9.59 Å². The number of hydrogen-bond acceptors (Lipinski definition) is 5. The molecule has 0 unspecified atom stereocenters. The molecule has 7 nitrogen and oxygen atoms in total. The van der Waals surface area contributed by atoms with Gasteiger partial charge in [-0.15, -0.1) is 0 Å². The van der Waals surface area contributed by atoms with Crippen LogP contribution in [0.15, 0.2) is 5.10 Å².